The van der Waals surface area contributed by atoms with Crippen molar-refractivity contribution in [1.82, 2.24) is 0 Å². The van der Waals surface area contributed by atoms with E-state index in [4.69, 9.17) is 11.6 Å². The maximum atomic E-state index is 12.6. The molecule has 27 heavy (non-hydrogen) atoms. The van der Waals surface area contributed by atoms with Crippen LogP contribution in [0.2, 0.25) is 5.02 Å². The Kier molecular flexibility index (Phi) is 5.58. The normalized spacial score (nSPS) is 11.6. The molecule has 1 aromatic heterocycles. The summed E-state index contributed by atoms with van der Waals surface area (Å²) in [6.07, 6.45) is -3.69. The van der Waals surface area contributed by atoms with E-state index in [1.165, 1.54) is 35.6 Å². The second kappa shape index (κ2) is 7.74. The predicted molar refractivity (Wildman–Crippen MR) is 101 cm³/mol. The quantitative estimate of drug-likeness (QED) is 0.480. The summed E-state index contributed by atoms with van der Waals surface area (Å²) in [6.45, 7) is 0. The van der Waals surface area contributed by atoms with Gasteiger partial charge in [-0.25, -0.2) is 0 Å². The predicted octanol–water partition coefficient (Wildman–Crippen LogP) is 6.61. The molecule has 3 aromatic rings. The Hall–Kier alpha value is -2.31. The molecule has 3 rings (SSSR count). The summed E-state index contributed by atoms with van der Waals surface area (Å²) in [5, 5.41) is 9.76. The standard InChI is InChI=1S/C20H14ClF3O2S/c21-16-11-15(25)7-3-12(16)4-8-17(26)19-10-9-18(27-19)13-1-5-14(6-2-13)20(22,23)24/h1-3,5-7,9-11,25H,4,8H2. The molecule has 0 aliphatic carbocycles. The summed E-state index contributed by atoms with van der Waals surface area (Å²) in [5.74, 6) is -0.00294. The number of carbonyl (C=O) groups is 1. The number of benzene rings is 2. The number of thiophene rings is 1. The number of hydrogen-bond acceptors (Lipinski definition) is 3. The molecule has 2 aromatic carbocycles. The fourth-order valence-electron chi connectivity index (χ4n) is 2.58. The van der Waals surface area contributed by atoms with Gasteiger partial charge in [-0.3, -0.25) is 4.79 Å². The smallest absolute Gasteiger partial charge is 0.416 e. The zero-order valence-electron chi connectivity index (χ0n) is 13.9. The molecule has 2 nitrogen and oxygen atoms in total. The van der Waals surface area contributed by atoms with Crippen LogP contribution in [0.3, 0.4) is 0 Å². The number of ketones is 1. The van der Waals surface area contributed by atoms with Crippen molar-refractivity contribution in [3.05, 3.63) is 75.6 Å². The van der Waals surface area contributed by atoms with Crippen LogP contribution >= 0.6 is 22.9 Å². The molecule has 0 bridgehead atoms. The zero-order valence-corrected chi connectivity index (χ0v) is 15.5. The highest BCUT2D eigenvalue weighted by Gasteiger charge is 2.30. The molecule has 0 unspecified atom stereocenters. The van der Waals surface area contributed by atoms with Crippen LogP contribution in [-0.4, -0.2) is 10.9 Å². The first-order valence-electron chi connectivity index (χ1n) is 8.02. The van der Waals surface area contributed by atoms with Gasteiger partial charge in [0, 0.05) is 16.3 Å². The minimum absolute atomic E-state index is 0.0644. The Bertz CT molecular complexity index is 962. The van der Waals surface area contributed by atoms with E-state index in [2.05, 4.69) is 0 Å². The molecule has 140 valence electrons. The van der Waals surface area contributed by atoms with Gasteiger partial charge in [0.15, 0.2) is 5.78 Å². The van der Waals surface area contributed by atoms with E-state index in [-0.39, 0.29) is 18.0 Å². The van der Waals surface area contributed by atoms with Crippen LogP contribution in [0.25, 0.3) is 10.4 Å². The highest BCUT2D eigenvalue weighted by atomic mass is 35.5. The summed E-state index contributed by atoms with van der Waals surface area (Å²) in [5.41, 5.74) is 0.695. The van der Waals surface area contributed by atoms with E-state index in [1.54, 1.807) is 18.2 Å². The molecule has 0 aliphatic rings. The number of rotatable bonds is 5. The fourth-order valence-corrected chi connectivity index (χ4v) is 3.82. The summed E-state index contributed by atoms with van der Waals surface area (Å²) in [6, 6.07) is 12.9. The van der Waals surface area contributed by atoms with Crippen LogP contribution < -0.4 is 0 Å². The van der Waals surface area contributed by atoms with Gasteiger partial charge in [-0.1, -0.05) is 29.8 Å². The first kappa shape index (κ1) is 19.5. The molecule has 0 fully saturated rings. The highest BCUT2D eigenvalue weighted by Crippen LogP contribution is 2.33. The van der Waals surface area contributed by atoms with E-state index in [0.29, 0.717) is 21.9 Å². The van der Waals surface area contributed by atoms with E-state index >= 15 is 0 Å². The number of phenolic OH excluding ortho intramolecular Hbond substituents is 1. The highest BCUT2D eigenvalue weighted by molar-refractivity contribution is 7.17. The van der Waals surface area contributed by atoms with Crippen molar-refractivity contribution < 1.29 is 23.1 Å². The van der Waals surface area contributed by atoms with Crippen molar-refractivity contribution in [3.8, 4) is 16.2 Å². The van der Waals surface area contributed by atoms with Gasteiger partial charge in [-0.05, 0) is 53.9 Å². The van der Waals surface area contributed by atoms with E-state index < -0.39 is 11.7 Å². The van der Waals surface area contributed by atoms with Crippen LogP contribution in [0.1, 0.15) is 27.2 Å². The lowest BCUT2D eigenvalue weighted by Crippen LogP contribution is -2.03. The van der Waals surface area contributed by atoms with Crippen molar-refractivity contribution in [2.45, 2.75) is 19.0 Å². The Morgan fingerprint density at radius 1 is 1.04 bits per heavy atom. The maximum absolute atomic E-state index is 12.6. The van der Waals surface area contributed by atoms with E-state index in [0.717, 1.165) is 22.6 Å². The van der Waals surface area contributed by atoms with Crippen molar-refractivity contribution in [2.24, 2.45) is 0 Å². The van der Waals surface area contributed by atoms with Crippen LogP contribution in [0.15, 0.2) is 54.6 Å². The number of carbonyl (C=O) groups excluding carboxylic acids is 1. The molecule has 0 aliphatic heterocycles. The molecule has 0 amide bonds. The monoisotopic (exact) mass is 410 g/mol. The average Bonchev–Trinajstić information content (AvgIpc) is 3.10. The second-order valence-corrected chi connectivity index (χ2v) is 7.43. The van der Waals surface area contributed by atoms with Crippen molar-refractivity contribution >= 4 is 28.7 Å². The lowest BCUT2D eigenvalue weighted by Gasteiger charge is -2.06. The van der Waals surface area contributed by atoms with Crippen LogP contribution in [0, 0.1) is 0 Å². The van der Waals surface area contributed by atoms with Gasteiger partial charge in [0.05, 0.1) is 10.4 Å². The number of aromatic hydroxyl groups is 1. The van der Waals surface area contributed by atoms with Crippen LogP contribution in [0.5, 0.6) is 5.75 Å². The molecule has 0 spiro atoms. The minimum atomic E-state index is -4.37. The molecule has 0 atom stereocenters. The number of hydrogen-bond donors (Lipinski definition) is 1. The van der Waals surface area contributed by atoms with Crippen molar-refractivity contribution in [2.75, 3.05) is 0 Å². The second-order valence-electron chi connectivity index (χ2n) is 5.94. The minimum Gasteiger partial charge on any atom is -0.508 e. The number of Topliss-reactive ketones (excluding diaryl/α,β-unsaturated/α-hetero) is 1. The Morgan fingerprint density at radius 2 is 1.74 bits per heavy atom. The molecule has 1 N–H and O–H groups in total. The third-order valence-corrected chi connectivity index (χ3v) is 5.56. The van der Waals surface area contributed by atoms with Gasteiger partial charge in [0.2, 0.25) is 0 Å². The number of alkyl halides is 3. The first-order valence-corrected chi connectivity index (χ1v) is 9.21. The molecule has 7 heteroatoms. The number of phenols is 1. The number of aryl methyl sites for hydroxylation is 1. The Labute approximate surface area is 162 Å². The van der Waals surface area contributed by atoms with Gasteiger partial charge in [-0.15, -0.1) is 11.3 Å². The summed E-state index contributed by atoms with van der Waals surface area (Å²) >= 11 is 7.28. The lowest BCUT2D eigenvalue weighted by atomic mass is 10.1. The zero-order chi connectivity index (χ0) is 19.6. The van der Waals surface area contributed by atoms with Gasteiger partial charge >= 0.3 is 6.18 Å². The van der Waals surface area contributed by atoms with Crippen molar-refractivity contribution in [3.63, 3.8) is 0 Å². The molecule has 0 saturated carbocycles. The third-order valence-electron chi connectivity index (χ3n) is 4.04. The Morgan fingerprint density at radius 3 is 2.37 bits per heavy atom. The molecular formula is C20H14ClF3O2S. The van der Waals surface area contributed by atoms with E-state index in [1.807, 2.05) is 0 Å². The topological polar surface area (TPSA) is 37.3 Å². The average molecular weight is 411 g/mol. The van der Waals surface area contributed by atoms with Gasteiger partial charge in [0.25, 0.3) is 0 Å². The van der Waals surface area contributed by atoms with Crippen LogP contribution in [-0.2, 0) is 12.6 Å². The molecule has 0 saturated heterocycles. The van der Waals surface area contributed by atoms with Gasteiger partial charge in [-0.2, -0.15) is 13.2 Å². The molecule has 0 radical (unpaired) electrons. The summed E-state index contributed by atoms with van der Waals surface area (Å²) < 4.78 is 37.9. The van der Waals surface area contributed by atoms with Crippen molar-refractivity contribution in [1.29, 1.82) is 0 Å². The first-order chi connectivity index (χ1) is 12.7. The Balaban J connectivity index is 1.68. The SMILES string of the molecule is O=C(CCc1ccc(O)cc1Cl)c1ccc(-c2ccc(C(F)(F)F)cc2)s1. The lowest BCUT2D eigenvalue weighted by molar-refractivity contribution is -0.137. The largest absolute Gasteiger partial charge is 0.508 e. The number of halogens is 4. The van der Waals surface area contributed by atoms with E-state index in [9.17, 15) is 23.1 Å². The van der Waals surface area contributed by atoms with Gasteiger partial charge in [0.1, 0.15) is 5.75 Å². The maximum Gasteiger partial charge on any atom is 0.416 e. The molecular weight excluding hydrogens is 397 g/mol. The third kappa shape index (κ3) is 4.70. The summed E-state index contributed by atoms with van der Waals surface area (Å²) in [7, 11) is 0. The summed E-state index contributed by atoms with van der Waals surface area (Å²) in [4.78, 5) is 13.7. The van der Waals surface area contributed by atoms with Gasteiger partial charge < -0.3 is 5.11 Å². The fraction of sp³-hybridized carbons (Fsp3) is 0.150. The van der Waals surface area contributed by atoms with Crippen LogP contribution in [0.4, 0.5) is 13.2 Å². The molecule has 1 heterocycles.